The molecule has 1 unspecified atom stereocenters. The molecule has 3 heterocycles. The topological polar surface area (TPSA) is 98.5 Å². The Bertz CT molecular complexity index is 793. The van der Waals surface area contributed by atoms with Gasteiger partial charge in [0.25, 0.3) is 0 Å². The van der Waals surface area contributed by atoms with E-state index >= 15 is 0 Å². The number of anilines is 3. The summed E-state index contributed by atoms with van der Waals surface area (Å²) in [5, 5.41) is 17.5. The van der Waals surface area contributed by atoms with E-state index in [0.29, 0.717) is 12.2 Å². The van der Waals surface area contributed by atoms with Gasteiger partial charge in [0, 0.05) is 12.7 Å². The van der Waals surface area contributed by atoms with Crippen LogP contribution in [0.5, 0.6) is 0 Å². The summed E-state index contributed by atoms with van der Waals surface area (Å²) in [6.07, 6.45) is -1.51. The summed E-state index contributed by atoms with van der Waals surface area (Å²) in [6, 6.07) is 4.94. The van der Waals surface area contributed by atoms with Gasteiger partial charge in [-0.15, -0.1) is 0 Å². The molecule has 1 atom stereocenters. The van der Waals surface area contributed by atoms with Crippen molar-refractivity contribution in [3.8, 4) is 6.07 Å². The zero-order chi connectivity index (χ0) is 18.6. The summed E-state index contributed by atoms with van der Waals surface area (Å²) in [7, 11) is 0. The summed E-state index contributed by atoms with van der Waals surface area (Å²) < 4.78 is 39.6. The monoisotopic (exact) mass is 363 g/mol. The Morgan fingerprint density at radius 1 is 1.27 bits per heavy atom. The first kappa shape index (κ1) is 17.9. The average molecular weight is 363 g/mol. The first-order valence-electron chi connectivity index (χ1n) is 7.97. The molecule has 0 radical (unpaired) electrons. The van der Waals surface area contributed by atoms with Crippen molar-refractivity contribution in [3.05, 3.63) is 35.8 Å². The van der Waals surface area contributed by atoms with E-state index in [1.54, 1.807) is 6.07 Å². The number of aromatic nitrogens is 3. The molecule has 7 nitrogen and oxygen atoms in total. The molecule has 0 saturated carbocycles. The average Bonchev–Trinajstić information content (AvgIpc) is 3.13. The number of alkyl halides is 3. The molecule has 1 fully saturated rings. The van der Waals surface area contributed by atoms with Crippen LogP contribution in [0.2, 0.25) is 0 Å². The largest absolute Gasteiger partial charge is 0.421 e. The van der Waals surface area contributed by atoms with E-state index < -0.39 is 11.7 Å². The number of nitriles is 1. The molecule has 2 aromatic rings. The molecule has 26 heavy (non-hydrogen) atoms. The summed E-state index contributed by atoms with van der Waals surface area (Å²) in [6.45, 7) is 2.02. The zero-order valence-corrected chi connectivity index (χ0v) is 13.6. The van der Waals surface area contributed by atoms with Gasteiger partial charge >= 0.3 is 6.18 Å². The fraction of sp³-hybridized carbons (Fsp3) is 0.375. The number of hydrogen-bond donors (Lipinski definition) is 3. The van der Waals surface area contributed by atoms with Crippen LogP contribution in [-0.2, 0) is 6.18 Å². The third-order valence-electron chi connectivity index (χ3n) is 3.95. The maximum atomic E-state index is 13.2. The number of halogens is 3. The third-order valence-corrected chi connectivity index (χ3v) is 3.95. The normalized spacial score (nSPS) is 16.9. The molecule has 0 aliphatic carbocycles. The molecular formula is C16H16F3N7. The van der Waals surface area contributed by atoms with Gasteiger partial charge in [-0.25, -0.2) is 9.97 Å². The molecular weight excluding hydrogens is 347 g/mol. The molecule has 0 aromatic carbocycles. The summed E-state index contributed by atoms with van der Waals surface area (Å²) in [5.74, 6) is 0.00485. The molecule has 10 heteroatoms. The van der Waals surface area contributed by atoms with E-state index in [9.17, 15) is 13.2 Å². The first-order chi connectivity index (χ1) is 12.5. The molecule has 0 bridgehead atoms. The number of hydrogen-bond acceptors (Lipinski definition) is 7. The smallest absolute Gasteiger partial charge is 0.369 e. The second kappa shape index (κ2) is 7.53. The Hall–Kier alpha value is -2.93. The van der Waals surface area contributed by atoms with Crippen molar-refractivity contribution >= 4 is 17.5 Å². The van der Waals surface area contributed by atoms with Crippen molar-refractivity contribution in [2.45, 2.75) is 12.6 Å². The predicted octanol–water partition coefficient (Wildman–Crippen LogP) is 2.53. The molecule has 0 spiro atoms. The van der Waals surface area contributed by atoms with E-state index in [1.165, 1.54) is 12.3 Å². The second-order valence-corrected chi connectivity index (χ2v) is 5.86. The number of nitrogens with zero attached hydrogens (tertiary/aromatic N) is 4. The van der Waals surface area contributed by atoms with E-state index in [-0.39, 0.29) is 23.4 Å². The minimum Gasteiger partial charge on any atom is -0.369 e. The Balaban J connectivity index is 1.79. The Morgan fingerprint density at radius 2 is 2.12 bits per heavy atom. The molecule has 1 saturated heterocycles. The molecule has 3 rings (SSSR count). The summed E-state index contributed by atoms with van der Waals surface area (Å²) >= 11 is 0. The van der Waals surface area contributed by atoms with E-state index in [2.05, 4.69) is 30.9 Å². The summed E-state index contributed by atoms with van der Waals surface area (Å²) in [4.78, 5) is 11.6. The highest BCUT2D eigenvalue weighted by molar-refractivity contribution is 5.56. The van der Waals surface area contributed by atoms with Gasteiger partial charge in [0.1, 0.15) is 23.1 Å². The molecule has 2 aromatic heterocycles. The highest BCUT2D eigenvalue weighted by Gasteiger charge is 2.35. The van der Waals surface area contributed by atoms with Crippen LogP contribution in [-0.4, -0.2) is 34.6 Å². The minimum absolute atomic E-state index is 0.0107. The van der Waals surface area contributed by atoms with Gasteiger partial charge in [0.05, 0.1) is 11.9 Å². The van der Waals surface area contributed by atoms with Crippen molar-refractivity contribution < 1.29 is 13.2 Å². The molecule has 1 aliphatic rings. The van der Waals surface area contributed by atoms with Gasteiger partial charge in [0.15, 0.2) is 0 Å². The summed E-state index contributed by atoms with van der Waals surface area (Å²) in [5.41, 5.74) is -0.210. The van der Waals surface area contributed by atoms with Crippen LogP contribution in [0.25, 0.3) is 0 Å². The fourth-order valence-electron chi connectivity index (χ4n) is 2.58. The van der Waals surface area contributed by atoms with Gasteiger partial charge in [-0.1, -0.05) is 0 Å². The maximum absolute atomic E-state index is 13.2. The number of rotatable bonds is 5. The van der Waals surface area contributed by atoms with Gasteiger partial charge in [-0.3, -0.25) is 0 Å². The Kier molecular flexibility index (Phi) is 5.18. The highest BCUT2D eigenvalue weighted by atomic mass is 19.4. The van der Waals surface area contributed by atoms with Crippen LogP contribution in [0.3, 0.4) is 0 Å². The lowest BCUT2D eigenvalue weighted by molar-refractivity contribution is -0.137. The van der Waals surface area contributed by atoms with E-state index in [0.717, 1.165) is 25.7 Å². The minimum atomic E-state index is -4.55. The van der Waals surface area contributed by atoms with Gasteiger partial charge in [-0.2, -0.15) is 23.4 Å². The van der Waals surface area contributed by atoms with Gasteiger partial charge < -0.3 is 16.0 Å². The van der Waals surface area contributed by atoms with Crippen LogP contribution in [0, 0.1) is 17.2 Å². The molecule has 3 N–H and O–H groups in total. The van der Waals surface area contributed by atoms with Crippen molar-refractivity contribution in [2.24, 2.45) is 5.92 Å². The number of nitrogens with one attached hydrogen (secondary N) is 3. The van der Waals surface area contributed by atoms with Crippen LogP contribution in [0.4, 0.5) is 30.6 Å². The Labute approximate surface area is 147 Å². The molecule has 1 aliphatic heterocycles. The first-order valence-corrected chi connectivity index (χ1v) is 7.97. The van der Waals surface area contributed by atoms with Crippen molar-refractivity contribution in [1.29, 1.82) is 5.26 Å². The number of pyridine rings is 1. The van der Waals surface area contributed by atoms with Crippen molar-refractivity contribution in [1.82, 2.24) is 20.3 Å². The van der Waals surface area contributed by atoms with Crippen molar-refractivity contribution in [2.75, 3.05) is 30.3 Å². The van der Waals surface area contributed by atoms with Crippen molar-refractivity contribution in [3.63, 3.8) is 0 Å². The lowest BCUT2D eigenvalue weighted by atomic mass is 10.1. The SMILES string of the molecule is N#Cc1ccc(Nc2ncc(C(F)(F)F)c(NCC3CCNC3)n2)cn1. The molecule has 136 valence electrons. The van der Waals surface area contributed by atoms with Crippen LogP contribution in [0.1, 0.15) is 17.7 Å². The Morgan fingerprint density at radius 3 is 2.73 bits per heavy atom. The third kappa shape index (κ3) is 4.37. The van der Waals surface area contributed by atoms with Gasteiger partial charge in [-0.05, 0) is 37.6 Å². The van der Waals surface area contributed by atoms with E-state index in [4.69, 9.17) is 5.26 Å². The maximum Gasteiger partial charge on any atom is 0.421 e. The quantitative estimate of drug-likeness (QED) is 0.751. The molecule has 0 amide bonds. The lowest BCUT2D eigenvalue weighted by Crippen LogP contribution is -2.20. The standard InChI is InChI=1S/C16H16F3N7/c17-16(18,19)13-9-24-15(25-12-2-1-11(5-20)22-8-12)26-14(13)23-7-10-3-4-21-6-10/h1-2,8-10,21H,3-4,6-7H2,(H2,23,24,25,26). The second-order valence-electron chi connectivity index (χ2n) is 5.86. The van der Waals surface area contributed by atoms with Crippen LogP contribution < -0.4 is 16.0 Å². The lowest BCUT2D eigenvalue weighted by Gasteiger charge is -2.16. The van der Waals surface area contributed by atoms with Crippen LogP contribution >= 0.6 is 0 Å². The van der Waals surface area contributed by atoms with Gasteiger partial charge in [0.2, 0.25) is 5.95 Å². The highest BCUT2D eigenvalue weighted by Crippen LogP contribution is 2.34. The predicted molar refractivity (Wildman–Crippen MR) is 88.7 cm³/mol. The zero-order valence-electron chi connectivity index (χ0n) is 13.6. The fourth-order valence-corrected chi connectivity index (χ4v) is 2.58. The van der Waals surface area contributed by atoms with Crippen LogP contribution in [0.15, 0.2) is 24.5 Å². The van der Waals surface area contributed by atoms with E-state index in [1.807, 2.05) is 6.07 Å².